The number of halogens is 6. The number of alkyl halides is 6. The Labute approximate surface area is 624 Å². The van der Waals surface area contributed by atoms with Crippen molar-refractivity contribution >= 4 is 73.4 Å². The summed E-state index contributed by atoms with van der Waals surface area (Å²) in [5.74, 6) is -1.05. The third kappa shape index (κ3) is 15.3. The van der Waals surface area contributed by atoms with Crippen molar-refractivity contribution in [3.8, 4) is 129 Å². The number of methoxy groups -OCH3 is 1. The van der Waals surface area contributed by atoms with Gasteiger partial charge in [0.05, 0.1) is 34.9 Å². The van der Waals surface area contributed by atoms with Gasteiger partial charge in [-0.15, -0.1) is 0 Å². The van der Waals surface area contributed by atoms with Crippen molar-refractivity contribution in [2.24, 2.45) is 0 Å². The number of aromatic nitrogens is 2. The largest absolute Gasteiger partial charge is 0.496 e. The zero-order valence-electron chi connectivity index (χ0n) is 56.6. The van der Waals surface area contributed by atoms with Crippen LogP contribution in [0.15, 0.2) is 249 Å². The lowest BCUT2D eigenvalue weighted by molar-refractivity contribution is -0.139. The molecule has 0 fully saturated rings. The van der Waals surface area contributed by atoms with Gasteiger partial charge in [-0.1, -0.05) is 152 Å². The Bertz CT molecular complexity index is 6500. The van der Waals surface area contributed by atoms with E-state index < -0.39 is 104 Å². The molecule has 0 radical (unpaired) electrons. The molecular formula is C78H54F6N2O17S6. The van der Waals surface area contributed by atoms with Gasteiger partial charge in [-0.2, -0.15) is 77.2 Å². The summed E-state index contributed by atoms with van der Waals surface area (Å²) in [6.45, 7) is 5.41. The normalized spacial score (nSPS) is 12.5. The summed E-state index contributed by atoms with van der Waals surface area (Å²) in [4.78, 5) is -6.03. The molecule has 0 aliphatic carbocycles. The number of fused-ring (bicyclic) bond motifs is 1. The maximum absolute atomic E-state index is 15.6. The molecule has 31 heteroatoms. The summed E-state index contributed by atoms with van der Waals surface area (Å²) in [7, 11) is -26.3. The van der Waals surface area contributed by atoms with Crippen molar-refractivity contribution in [3.05, 3.63) is 252 Å². The summed E-state index contributed by atoms with van der Waals surface area (Å²) in [5.41, 5.74) is 3.00. The van der Waals surface area contributed by atoms with Gasteiger partial charge >= 0.3 is 12.4 Å². The molecule has 0 atom stereocenters. The molecule has 13 rings (SSSR count). The highest BCUT2D eigenvalue weighted by Crippen LogP contribution is 2.57. The molecule has 0 unspecified atom stereocenters. The Morgan fingerprint density at radius 2 is 0.651 bits per heavy atom. The molecule has 109 heavy (non-hydrogen) atoms. The molecule has 0 bridgehead atoms. The molecule has 0 aliphatic heterocycles. The van der Waals surface area contributed by atoms with Crippen molar-refractivity contribution in [1.82, 2.24) is 8.75 Å². The monoisotopic (exact) mass is 1600 g/mol. The van der Waals surface area contributed by atoms with Crippen LogP contribution in [0.3, 0.4) is 0 Å². The Balaban J connectivity index is 1.04. The highest BCUT2D eigenvalue weighted by Gasteiger charge is 2.38. The summed E-state index contributed by atoms with van der Waals surface area (Å²) >= 11 is 0.813. The molecule has 0 saturated carbocycles. The lowest BCUT2D eigenvalue weighted by atomic mass is 9.74. The average molecular weight is 1600 g/mol. The second-order valence-corrected chi connectivity index (χ2v) is 32.6. The van der Waals surface area contributed by atoms with Gasteiger partial charge in [-0.3, -0.25) is 22.8 Å². The average Bonchev–Trinajstić information content (AvgIpc) is 0.884. The van der Waals surface area contributed by atoms with E-state index in [0.717, 1.165) is 78.0 Å². The number of hydrogen-bond donors (Lipinski definition) is 5. The van der Waals surface area contributed by atoms with E-state index in [-0.39, 0.29) is 100 Å². The minimum absolute atomic E-state index is 0.0169. The van der Waals surface area contributed by atoms with Crippen LogP contribution in [0.1, 0.15) is 27.8 Å². The first-order valence-electron chi connectivity index (χ1n) is 32.0. The Morgan fingerprint density at radius 1 is 0.312 bits per heavy atom. The zero-order valence-corrected chi connectivity index (χ0v) is 61.5. The fourth-order valence-electron chi connectivity index (χ4n) is 13.1. The molecule has 13 aromatic rings. The van der Waals surface area contributed by atoms with Crippen molar-refractivity contribution in [2.45, 2.75) is 57.6 Å². The van der Waals surface area contributed by atoms with Crippen molar-refractivity contribution in [1.29, 1.82) is 0 Å². The first-order chi connectivity index (χ1) is 51.2. The lowest BCUT2D eigenvalue weighted by Gasteiger charge is -2.29. The van der Waals surface area contributed by atoms with Gasteiger partial charge in [0.2, 0.25) is 0 Å². The Morgan fingerprint density at radius 3 is 1.07 bits per heavy atom. The first kappa shape index (κ1) is 76.4. The maximum Gasteiger partial charge on any atom is 0.420 e. The predicted molar refractivity (Wildman–Crippen MR) is 398 cm³/mol. The summed E-state index contributed by atoms with van der Waals surface area (Å²) in [6, 6.07) is 49.9. The SMILES string of the molecule is COc1ccc(-c2ccc(-c3ccc(Oc4ccc(-c5ccc(-c6c(-c7ccc(S(=O)(=O)O)c(S(=O)(=O)O)c7)c(-c7ccccc7)c(-c7ccc(-c8ccc(C)c(C)c8)cc7)c(-c7ccc(S(=O)(=O)O)cc7)c6-c6ccc(S(=O)(=O)O)c(S(=O)(=O)O)c6)cc5)cc4C(F)(F)F)c(C)c3)c3nsnc23)cc1C(F)(F)F. The minimum atomic E-state index is -5.71. The number of aryl methyl sites for hydroxylation is 3. The van der Waals surface area contributed by atoms with Crippen LogP contribution in [0.2, 0.25) is 0 Å². The van der Waals surface area contributed by atoms with Crippen LogP contribution in [0.25, 0.3) is 122 Å². The number of benzene rings is 12. The van der Waals surface area contributed by atoms with Crippen molar-refractivity contribution < 1.29 is 101 Å². The standard InChI is InChI=1S/C78H54F6N2O17S6/c1-42-10-11-51(36-43(42)2)45-12-16-48(17-13-45)70-69(47-8-6-5-7-9-47)73(55-25-34-65(106(90,91)92)67(40-55)108(96,97)98)72(74(71(70)50-20-27-57(28-21-50)105(87,88)89)56-26-35-66(107(93,94)95)68(41-56)109(99,100)101)49-18-14-46(15-19-49)52-22-33-64(61(38-52)78(82,83)84)103-62-31-23-53(37-44(62)3)58-29-30-59(76-75(58)85-104-86-76)54-24-32-63(102-4)60(39-54)77(79,80)81/h5-41H,1-4H3,(H,87,88,89)(H,90,91,92)(H,93,94,95)(H,96,97,98)(H,99,100,101). The third-order valence-corrected chi connectivity index (χ3v) is 23.6. The minimum Gasteiger partial charge on any atom is -0.496 e. The fraction of sp³-hybridized carbons (Fsp3) is 0.0769. The molecule has 19 nitrogen and oxygen atoms in total. The van der Waals surface area contributed by atoms with Gasteiger partial charge in [0.25, 0.3) is 50.6 Å². The quantitative estimate of drug-likeness (QED) is 0.0394. The maximum atomic E-state index is 15.6. The van der Waals surface area contributed by atoms with E-state index in [1.807, 2.05) is 32.0 Å². The van der Waals surface area contributed by atoms with Crippen molar-refractivity contribution in [3.63, 3.8) is 0 Å². The van der Waals surface area contributed by atoms with Crippen LogP contribution in [-0.4, -0.2) is 80.7 Å². The molecular weight excluding hydrogens is 1540 g/mol. The molecule has 556 valence electrons. The van der Waals surface area contributed by atoms with Crippen LogP contribution < -0.4 is 9.47 Å². The Hall–Kier alpha value is -10.8. The smallest absolute Gasteiger partial charge is 0.420 e. The van der Waals surface area contributed by atoms with Gasteiger partial charge in [-0.25, -0.2) is 0 Å². The number of hydrogen-bond acceptors (Lipinski definition) is 15. The molecule has 12 aromatic carbocycles. The molecule has 1 heterocycles. The third-order valence-electron chi connectivity index (χ3n) is 18.3. The molecule has 0 saturated heterocycles. The van der Waals surface area contributed by atoms with E-state index in [1.54, 1.807) is 85.8 Å². The number of nitrogens with zero attached hydrogens (tertiary/aromatic N) is 2. The van der Waals surface area contributed by atoms with E-state index in [2.05, 4.69) is 8.75 Å². The van der Waals surface area contributed by atoms with E-state index in [0.29, 0.717) is 57.6 Å². The van der Waals surface area contributed by atoms with Crippen LogP contribution >= 0.6 is 11.7 Å². The lowest BCUT2D eigenvalue weighted by Crippen LogP contribution is -2.10. The number of ether oxygens (including phenoxy) is 2. The van der Waals surface area contributed by atoms with Gasteiger partial charge < -0.3 is 9.47 Å². The van der Waals surface area contributed by atoms with Crippen LogP contribution in [0.5, 0.6) is 17.2 Å². The summed E-state index contributed by atoms with van der Waals surface area (Å²) in [5, 5.41) is 0. The van der Waals surface area contributed by atoms with Gasteiger partial charge in [-0.05, 0) is 210 Å². The topological polar surface area (TPSA) is 316 Å². The molecule has 0 amide bonds. The molecule has 1 aromatic heterocycles. The molecule has 0 aliphatic rings. The van der Waals surface area contributed by atoms with Crippen LogP contribution in [0.4, 0.5) is 26.3 Å². The van der Waals surface area contributed by atoms with Crippen LogP contribution in [0, 0.1) is 20.8 Å². The second-order valence-electron chi connectivity index (χ2n) is 25.1. The van der Waals surface area contributed by atoms with E-state index in [9.17, 15) is 78.0 Å². The van der Waals surface area contributed by atoms with Gasteiger partial charge in [0, 0.05) is 11.1 Å². The van der Waals surface area contributed by atoms with Gasteiger partial charge in [0.15, 0.2) is 0 Å². The first-order valence-corrected chi connectivity index (χ1v) is 40.0. The second kappa shape index (κ2) is 28.3. The van der Waals surface area contributed by atoms with E-state index in [4.69, 9.17) is 9.47 Å². The fourth-order valence-corrected chi connectivity index (χ4v) is 17.7. The Kier molecular flexibility index (Phi) is 19.8. The van der Waals surface area contributed by atoms with E-state index in [1.165, 1.54) is 60.7 Å². The highest BCUT2D eigenvalue weighted by molar-refractivity contribution is 7.89. The molecule has 5 N–H and O–H groups in total. The predicted octanol–water partition coefficient (Wildman–Crippen LogP) is 19.4. The molecule has 0 spiro atoms. The van der Waals surface area contributed by atoms with E-state index >= 15 is 13.2 Å². The zero-order chi connectivity index (χ0) is 78.4. The number of rotatable bonds is 18. The summed E-state index contributed by atoms with van der Waals surface area (Å²) < 4.78 is 294. The van der Waals surface area contributed by atoms with Crippen LogP contribution in [-0.2, 0) is 62.9 Å². The van der Waals surface area contributed by atoms with Gasteiger partial charge in [0.1, 0.15) is 47.9 Å². The van der Waals surface area contributed by atoms with Crippen molar-refractivity contribution in [2.75, 3.05) is 7.11 Å². The summed E-state index contributed by atoms with van der Waals surface area (Å²) in [6.07, 6.45) is -9.86. The highest BCUT2D eigenvalue weighted by atomic mass is 32.2.